The molecule has 0 aliphatic carbocycles. The SMILES string of the molecule is CCc1noc(C)c1C(=O)N[C@@H](CC(=O)OC)C(=O)O. The normalized spacial score (nSPS) is 11.8. The molecule has 0 aromatic carbocycles. The van der Waals surface area contributed by atoms with Crippen molar-refractivity contribution in [3.63, 3.8) is 0 Å². The number of rotatable bonds is 6. The maximum absolute atomic E-state index is 12.1. The number of aliphatic carboxylic acids is 1. The van der Waals surface area contributed by atoms with Gasteiger partial charge in [-0.25, -0.2) is 4.79 Å². The van der Waals surface area contributed by atoms with Gasteiger partial charge in [0.25, 0.3) is 5.91 Å². The topological polar surface area (TPSA) is 119 Å². The lowest BCUT2D eigenvalue weighted by Gasteiger charge is -2.13. The van der Waals surface area contributed by atoms with Gasteiger partial charge in [-0.1, -0.05) is 12.1 Å². The third-order valence-electron chi connectivity index (χ3n) is 2.70. The molecule has 0 unspecified atom stereocenters. The van der Waals surface area contributed by atoms with Gasteiger partial charge in [-0.2, -0.15) is 0 Å². The van der Waals surface area contributed by atoms with Gasteiger partial charge < -0.3 is 19.7 Å². The number of nitrogens with zero attached hydrogens (tertiary/aromatic N) is 1. The average molecular weight is 284 g/mol. The van der Waals surface area contributed by atoms with Crippen molar-refractivity contribution >= 4 is 17.8 Å². The number of aryl methyl sites for hydroxylation is 2. The molecule has 2 N–H and O–H groups in total. The molecule has 110 valence electrons. The molecule has 0 bridgehead atoms. The zero-order valence-electron chi connectivity index (χ0n) is 11.4. The standard InChI is InChI=1S/C12H16N2O6/c1-4-7-10(6(2)20-14-7)11(16)13-8(12(17)18)5-9(15)19-3/h8H,4-5H2,1-3H3,(H,13,16)(H,17,18)/t8-/m0/s1. The first-order chi connectivity index (χ1) is 9.40. The van der Waals surface area contributed by atoms with Crippen molar-refractivity contribution in [3.05, 3.63) is 17.0 Å². The number of ether oxygens (including phenoxy) is 1. The van der Waals surface area contributed by atoms with Gasteiger partial charge in [-0.3, -0.25) is 9.59 Å². The summed E-state index contributed by atoms with van der Waals surface area (Å²) in [6, 6.07) is -1.37. The van der Waals surface area contributed by atoms with E-state index < -0.39 is 30.3 Å². The van der Waals surface area contributed by atoms with Gasteiger partial charge in [0, 0.05) is 0 Å². The van der Waals surface area contributed by atoms with E-state index in [2.05, 4.69) is 15.2 Å². The van der Waals surface area contributed by atoms with Gasteiger partial charge in [-0.05, 0) is 13.3 Å². The predicted molar refractivity (Wildman–Crippen MR) is 66.1 cm³/mol. The molecule has 0 aliphatic rings. The lowest BCUT2D eigenvalue weighted by Crippen LogP contribution is -2.42. The predicted octanol–water partition coefficient (Wildman–Crippen LogP) is 0.292. The lowest BCUT2D eigenvalue weighted by molar-refractivity contribution is -0.147. The molecule has 1 aromatic rings. The monoisotopic (exact) mass is 284 g/mol. The van der Waals surface area contributed by atoms with Crippen LogP contribution in [0.5, 0.6) is 0 Å². The molecule has 1 rings (SSSR count). The average Bonchev–Trinajstić information content (AvgIpc) is 2.78. The van der Waals surface area contributed by atoms with Crippen LogP contribution in [-0.4, -0.2) is 41.3 Å². The number of methoxy groups -OCH3 is 1. The highest BCUT2D eigenvalue weighted by Gasteiger charge is 2.27. The largest absolute Gasteiger partial charge is 0.480 e. The van der Waals surface area contributed by atoms with Gasteiger partial charge in [0.1, 0.15) is 17.4 Å². The lowest BCUT2D eigenvalue weighted by atomic mass is 10.1. The minimum Gasteiger partial charge on any atom is -0.480 e. The molecular weight excluding hydrogens is 268 g/mol. The Balaban J connectivity index is 2.88. The molecule has 0 saturated heterocycles. The zero-order valence-corrected chi connectivity index (χ0v) is 11.4. The maximum Gasteiger partial charge on any atom is 0.326 e. The quantitative estimate of drug-likeness (QED) is 0.720. The number of nitrogens with one attached hydrogen (secondary N) is 1. The van der Waals surface area contributed by atoms with Crippen LogP contribution in [0, 0.1) is 6.92 Å². The number of hydrogen-bond acceptors (Lipinski definition) is 6. The molecule has 1 heterocycles. The molecule has 8 heteroatoms. The van der Waals surface area contributed by atoms with E-state index in [1.807, 2.05) is 0 Å². The number of carboxylic acid groups (broad SMARTS) is 1. The molecule has 0 saturated carbocycles. The highest BCUT2D eigenvalue weighted by Crippen LogP contribution is 2.14. The highest BCUT2D eigenvalue weighted by atomic mass is 16.5. The van der Waals surface area contributed by atoms with Crippen LogP contribution in [0.25, 0.3) is 0 Å². The van der Waals surface area contributed by atoms with Crippen LogP contribution in [0.3, 0.4) is 0 Å². The Morgan fingerprint density at radius 2 is 2.10 bits per heavy atom. The number of amides is 1. The van der Waals surface area contributed by atoms with Gasteiger partial charge in [0.05, 0.1) is 19.2 Å². The Kier molecular flexibility index (Phi) is 5.24. The van der Waals surface area contributed by atoms with Gasteiger partial charge in [0.15, 0.2) is 0 Å². The van der Waals surface area contributed by atoms with Crippen molar-refractivity contribution in [2.75, 3.05) is 7.11 Å². The third kappa shape index (κ3) is 3.56. The van der Waals surface area contributed by atoms with Crippen LogP contribution in [-0.2, 0) is 20.7 Å². The Bertz CT molecular complexity index is 522. The number of hydrogen-bond donors (Lipinski definition) is 2. The van der Waals surface area contributed by atoms with Gasteiger partial charge in [0.2, 0.25) is 0 Å². The molecule has 1 aromatic heterocycles. The Labute approximate surface area is 115 Å². The maximum atomic E-state index is 12.1. The van der Waals surface area contributed by atoms with E-state index in [0.717, 1.165) is 7.11 Å². The second-order valence-electron chi connectivity index (χ2n) is 4.06. The first kappa shape index (κ1) is 15.7. The molecule has 1 atom stereocenters. The van der Waals surface area contributed by atoms with Crippen LogP contribution in [0.4, 0.5) is 0 Å². The summed E-state index contributed by atoms with van der Waals surface area (Å²) in [6.07, 6.45) is 0.0121. The number of esters is 1. The smallest absolute Gasteiger partial charge is 0.326 e. The first-order valence-electron chi connectivity index (χ1n) is 5.96. The van der Waals surface area contributed by atoms with Crippen molar-refractivity contribution < 1.29 is 28.8 Å². The third-order valence-corrected chi connectivity index (χ3v) is 2.70. The van der Waals surface area contributed by atoms with E-state index in [1.54, 1.807) is 13.8 Å². The summed E-state index contributed by atoms with van der Waals surface area (Å²) in [5, 5.41) is 15.0. The second-order valence-corrected chi connectivity index (χ2v) is 4.06. The van der Waals surface area contributed by atoms with Crippen molar-refractivity contribution in [3.8, 4) is 0 Å². The Hall–Kier alpha value is -2.38. The molecular formula is C12H16N2O6. The van der Waals surface area contributed by atoms with Crippen molar-refractivity contribution in [2.24, 2.45) is 0 Å². The summed E-state index contributed by atoms with van der Waals surface area (Å²) in [7, 11) is 1.14. The summed E-state index contributed by atoms with van der Waals surface area (Å²) >= 11 is 0. The van der Waals surface area contributed by atoms with Crippen LogP contribution < -0.4 is 5.32 Å². The molecule has 0 fully saturated rings. The fourth-order valence-corrected chi connectivity index (χ4v) is 1.63. The highest BCUT2D eigenvalue weighted by molar-refractivity contribution is 5.98. The summed E-state index contributed by atoms with van der Waals surface area (Å²) in [5.41, 5.74) is 0.630. The summed E-state index contributed by atoms with van der Waals surface area (Å²) in [4.78, 5) is 34.2. The number of aromatic nitrogens is 1. The molecule has 0 radical (unpaired) electrons. The fourth-order valence-electron chi connectivity index (χ4n) is 1.63. The van der Waals surface area contributed by atoms with Crippen LogP contribution >= 0.6 is 0 Å². The number of carbonyl (C=O) groups excluding carboxylic acids is 2. The number of carbonyl (C=O) groups is 3. The van der Waals surface area contributed by atoms with E-state index in [0.29, 0.717) is 17.9 Å². The van der Waals surface area contributed by atoms with Crippen molar-refractivity contribution in [1.82, 2.24) is 10.5 Å². The van der Waals surface area contributed by atoms with Crippen LogP contribution in [0.2, 0.25) is 0 Å². The van der Waals surface area contributed by atoms with Crippen LogP contribution in [0.15, 0.2) is 4.52 Å². The number of carboxylic acids is 1. The Morgan fingerprint density at radius 1 is 1.45 bits per heavy atom. The molecule has 0 aliphatic heterocycles. The van der Waals surface area contributed by atoms with Crippen molar-refractivity contribution in [1.29, 1.82) is 0 Å². The minimum atomic E-state index is -1.37. The van der Waals surface area contributed by atoms with E-state index in [1.165, 1.54) is 0 Å². The van der Waals surface area contributed by atoms with Gasteiger partial charge in [-0.15, -0.1) is 0 Å². The summed E-state index contributed by atoms with van der Waals surface area (Å²) in [5.74, 6) is -2.40. The summed E-state index contributed by atoms with van der Waals surface area (Å²) in [6.45, 7) is 3.34. The molecule has 1 amide bonds. The minimum absolute atomic E-state index is 0.198. The van der Waals surface area contributed by atoms with E-state index >= 15 is 0 Å². The molecule has 0 spiro atoms. The molecule has 8 nitrogen and oxygen atoms in total. The van der Waals surface area contributed by atoms with E-state index in [-0.39, 0.29) is 5.56 Å². The van der Waals surface area contributed by atoms with Gasteiger partial charge >= 0.3 is 11.9 Å². The van der Waals surface area contributed by atoms with Crippen molar-refractivity contribution in [2.45, 2.75) is 32.7 Å². The summed E-state index contributed by atoms with van der Waals surface area (Å²) < 4.78 is 9.29. The zero-order chi connectivity index (χ0) is 15.3. The molecule has 20 heavy (non-hydrogen) atoms. The first-order valence-corrected chi connectivity index (χ1v) is 5.96. The van der Waals surface area contributed by atoms with Crippen LogP contribution in [0.1, 0.15) is 35.2 Å². The van der Waals surface area contributed by atoms with E-state index in [4.69, 9.17) is 9.63 Å². The second kappa shape index (κ2) is 6.69. The fraction of sp³-hybridized carbons (Fsp3) is 0.500. The Morgan fingerprint density at radius 3 is 2.60 bits per heavy atom. The van der Waals surface area contributed by atoms with E-state index in [9.17, 15) is 14.4 Å².